The fourth-order valence-electron chi connectivity index (χ4n) is 1.63. The van der Waals surface area contributed by atoms with Crippen LogP contribution in [0.15, 0.2) is 28.1 Å². The zero-order chi connectivity index (χ0) is 12.3. The Morgan fingerprint density at radius 3 is 2.94 bits per heavy atom. The summed E-state index contributed by atoms with van der Waals surface area (Å²) in [5, 5.41) is 6.51. The summed E-state index contributed by atoms with van der Waals surface area (Å²) in [6.07, 6.45) is 0. The van der Waals surface area contributed by atoms with E-state index in [1.54, 1.807) is 11.3 Å². The van der Waals surface area contributed by atoms with Crippen LogP contribution in [0.5, 0.6) is 0 Å². The van der Waals surface area contributed by atoms with E-state index >= 15 is 0 Å². The topological polar surface area (TPSA) is 24.9 Å². The molecule has 0 saturated heterocycles. The molecular formula is C13H15BrN2S. The predicted octanol–water partition coefficient (Wildman–Crippen LogP) is 3.99. The zero-order valence-corrected chi connectivity index (χ0v) is 12.4. The van der Waals surface area contributed by atoms with Crippen LogP contribution in [0.1, 0.15) is 18.2 Å². The molecule has 0 aliphatic rings. The van der Waals surface area contributed by atoms with Crippen molar-refractivity contribution in [1.82, 2.24) is 10.3 Å². The Morgan fingerprint density at radius 2 is 2.24 bits per heavy atom. The molecule has 90 valence electrons. The van der Waals surface area contributed by atoms with Crippen molar-refractivity contribution in [1.29, 1.82) is 0 Å². The maximum Gasteiger partial charge on any atom is 0.123 e. The number of hydrogen-bond acceptors (Lipinski definition) is 3. The first kappa shape index (κ1) is 12.7. The van der Waals surface area contributed by atoms with Gasteiger partial charge >= 0.3 is 0 Å². The third-order valence-corrected chi connectivity index (χ3v) is 3.94. The van der Waals surface area contributed by atoms with Crippen LogP contribution >= 0.6 is 27.3 Å². The number of halogens is 1. The van der Waals surface area contributed by atoms with Gasteiger partial charge in [-0.25, -0.2) is 4.98 Å². The normalized spacial score (nSPS) is 10.8. The van der Waals surface area contributed by atoms with Gasteiger partial charge in [-0.05, 0) is 31.2 Å². The van der Waals surface area contributed by atoms with Gasteiger partial charge in [-0.3, -0.25) is 0 Å². The second-order valence-corrected chi connectivity index (χ2v) is 5.66. The molecule has 0 atom stereocenters. The highest BCUT2D eigenvalue weighted by atomic mass is 79.9. The van der Waals surface area contributed by atoms with Gasteiger partial charge in [0.2, 0.25) is 0 Å². The highest BCUT2D eigenvalue weighted by molar-refractivity contribution is 9.10. The lowest BCUT2D eigenvalue weighted by Gasteiger charge is -2.02. The minimum atomic E-state index is 0.850. The van der Waals surface area contributed by atoms with Gasteiger partial charge in [0.15, 0.2) is 0 Å². The Balaban J connectivity index is 2.24. The molecule has 0 bridgehead atoms. The van der Waals surface area contributed by atoms with Crippen LogP contribution in [0, 0.1) is 6.92 Å². The van der Waals surface area contributed by atoms with Gasteiger partial charge in [0.1, 0.15) is 5.01 Å². The van der Waals surface area contributed by atoms with E-state index < -0.39 is 0 Å². The molecule has 0 amide bonds. The van der Waals surface area contributed by atoms with E-state index in [1.165, 1.54) is 11.1 Å². The monoisotopic (exact) mass is 310 g/mol. The Kier molecular flexibility index (Phi) is 4.31. The maximum absolute atomic E-state index is 4.65. The van der Waals surface area contributed by atoms with Gasteiger partial charge in [0, 0.05) is 22.0 Å². The average molecular weight is 311 g/mol. The van der Waals surface area contributed by atoms with Crippen molar-refractivity contribution in [3.63, 3.8) is 0 Å². The third kappa shape index (κ3) is 3.15. The van der Waals surface area contributed by atoms with Crippen molar-refractivity contribution in [3.05, 3.63) is 39.3 Å². The molecular weight excluding hydrogens is 296 g/mol. The number of benzene rings is 1. The molecule has 1 aromatic carbocycles. The number of nitrogens with zero attached hydrogens (tertiary/aromatic N) is 1. The van der Waals surface area contributed by atoms with Crippen molar-refractivity contribution in [3.8, 4) is 10.6 Å². The van der Waals surface area contributed by atoms with Gasteiger partial charge < -0.3 is 5.32 Å². The number of aromatic nitrogens is 1. The third-order valence-electron chi connectivity index (χ3n) is 2.53. The van der Waals surface area contributed by atoms with Crippen LogP contribution in [0.4, 0.5) is 0 Å². The van der Waals surface area contributed by atoms with Crippen molar-refractivity contribution in [2.45, 2.75) is 20.4 Å². The second-order valence-electron chi connectivity index (χ2n) is 3.88. The second kappa shape index (κ2) is 5.76. The number of rotatable bonds is 4. The standard InChI is InChI=1S/C13H15BrN2S/c1-3-15-7-11-8-17-13(16-11)12-5-4-10(14)6-9(12)2/h4-6,8,15H,3,7H2,1-2H3. The minimum absolute atomic E-state index is 0.850. The molecule has 1 aromatic heterocycles. The van der Waals surface area contributed by atoms with E-state index in [4.69, 9.17) is 0 Å². The predicted molar refractivity (Wildman–Crippen MR) is 77.4 cm³/mol. The van der Waals surface area contributed by atoms with E-state index in [-0.39, 0.29) is 0 Å². The summed E-state index contributed by atoms with van der Waals surface area (Å²) in [4.78, 5) is 4.65. The molecule has 0 fully saturated rings. The van der Waals surface area contributed by atoms with E-state index in [2.05, 4.69) is 63.7 Å². The molecule has 2 aromatic rings. The first-order chi connectivity index (χ1) is 8.20. The van der Waals surface area contributed by atoms with Crippen LogP contribution < -0.4 is 5.32 Å². The van der Waals surface area contributed by atoms with Crippen LogP contribution in [0.2, 0.25) is 0 Å². The Bertz CT molecular complexity index is 508. The van der Waals surface area contributed by atoms with Gasteiger partial charge in [0.25, 0.3) is 0 Å². The molecule has 0 aliphatic heterocycles. The Hall–Kier alpha value is -0.710. The van der Waals surface area contributed by atoms with E-state index in [0.717, 1.165) is 28.3 Å². The Morgan fingerprint density at radius 1 is 1.41 bits per heavy atom. The number of hydrogen-bond donors (Lipinski definition) is 1. The lowest BCUT2D eigenvalue weighted by Crippen LogP contribution is -2.11. The molecule has 0 unspecified atom stereocenters. The number of nitrogens with one attached hydrogen (secondary N) is 1. The lowest BCUT2D eigenvalue weighted by molar-refractivity contribution is 0.715. The molecule has 0 spiro atoms. The summed E-state index contributed by atoms with van der Waals surface area (Å²) in [7, 11) is 0. The molecule has 1 heterocycles. The average Bonchev–Trinajstić information content (AvgIpc) is 2.75. The molecule has 0 saturated carbocycles. The quantitative estimate of drug-likeness (QED) is 0.923. The van der Waals surface area contributed by atoms with Crippen molar-refractivity contribution >= 4 is 27.3 Å². The molecule has 0 radical (unpaired) electrons. The summed E-state index contributed by atoms with van der Waals surface area (Å²) in [6, 6.07) is 6.31. The molecule has 2 rings (SSSR count). The van der Waals surface area contributed by atoms with Gasteiger partial charge in [0.05, 0.1) is 5.69 Å². The summed E-state index contributed by atoms with van der Waals surface area (Å²) >= 11 is 5.19. The van der Waals surface area contributed by atoms with Gasteiger partial charge in [-0.15, -0.1) is 11.3 Å². The zero-order valence-electron chi connectivity index (χ0n) is 9.96. The van der Waals surface area contributed by atoms with Crippen LogP contribution in [-0.4, -0.2) is 11.5 Å². The largest absolute Gasteiger partial charge is 0.311 e. The summed E-state index contributed by atoms with van der Waals surface area (Å²) < 4.78 is 1.11. The first-order valence-electron chi connectivity index (χ1n) is 5.62. The van der Waals surface area contributed by atoms with Crippen LogP contribution in [0.3, 0.4) is 0 Å². The summed E-state index contributed by atoms with van der Waals surface area (Å²) in [5.41, 5.74) is 3.60. The maximum atomic E-state index is 4.65. The fourth-order valence-corrected chi connectivity index (χ4v) is 3.02. The van der Waals surface area contributed by atoms with Crippen LogP contribution in [0.25, 0.3) is 10.6 Å². The Labute approximate surface area is 114 Å². The molecule has 4 heteroatoms. The lowest BCUT2D eigenvalue weighted by atomic mass is 10.1. The van der Waals surface area contributed by atoms with Gasteiger partial charge in [-0.2, -0.15) is 0 Å². The first-order valence-corrected chi connectivity index (χ1v) is 7.29. The summed E-state index contributed by atoms with van der Waals surface area (Å²) in [5.74, 6) is 0. The minimum Gasteiger partial charge on any atom is -0.311 e. The van der Waals surface area contributed by atoms with E-state index in [0.29, 0.717) is 0 Å². The fraction of sp³-hybridized carbons (Fsp3) is 0.308. The van der Waals surface area contributed by atoms with Crippen molar-refractivity contribution in [2.75, 3.05) is 6.54 Å². The molecule has 2 nitrogen and oxygen atoms in total. The van der Waals surface area contributed by atoms with E-state index in [1.807, 2.05) is 0 Å². The SMILES string of the molecule is CCNCc1csc(-c2ccc(Br)cc2C)n1. The highest BCUT2D eigenvalue weighted by Crippen LogP contribution is 2.28. The van der Waals surface area contributed by atoms with E-state index in [9.17, 15) is 0 Å². The molecule has 17 heavy (non-hydrogen) atoms. The highest BCUT2D eigenvalue weighted by Gasteiger charge is 2.07. The van der Waals surface area contributed by atoms with Crippen LogP contribution in [-0.2, 0) is 6.54 Å². The van der Waals surface area contributed by atoms with Crippen molar-refractivity contribution < 1.29 is 0 Å². The smallest absolute Gasteiger partial charge is 0.123 e. The van der Waals surface area contributed by atoms with Crippen molar-refractivity contribution in [2.24, 2.45) is 0 Å². The summed E-state index contributed by atoms with van der Waals surface area (Å²) in [6.45, 7) is 6.05. The number of aryl methyl sites for hydroxylation is 1. The van der Waals surface area contributed by atoms with Gasteiger partial charge in [-0.1, -0.05) is 28.9 Å². The number of thiazole rings is 1. The molecule has 0 aliphatic carbocycles. The molecule has 1 N–H and O–H groups in total.